The zero-order valence-electron chi connectivity index (χ0n) is 21.1. The van der Waals surface area contributed by atoms with Gasteiger partial charge in [-0.15, -0.1) is 0 Å². The van der Waals surface area contributed by atoms with Crippen molar-refractivity contribution in [2.24, 2.45) is 0 Å². The van der Waals surface area contributed by atoms with Crippen molar-refractivity contribution in [1.82, 2.24) is 4.31 Å². The molecule has 2 atom stereocenters. The van der Waals surface area contributed by atoms with E-state index in [1.54, 1.807) is 12.1 Å². The third kappa shape index (κ3) is 4.36. The number of hydrogen-bond donors (Lipinski definition) is 0. The molecule has 0 N–H and O–H groups in total. The van der Waals surface area contributed by atoms with Crippen molar-refractivity contribution in [3.63, 3.8) is 0 Å². The minimum atomic E-state index is -3.58. The van der Waals surface area contributed by atoms with Gasteiger partial charge in [0.25, 0.3) is 0 Å². The molecular weight excluding hydrogens is 430 g/mol. The first-order valence-corrected chi connectivity index (χ1v) is 15.8. The number of nitrogens with zero attached hydrogens (tertiary/aromatic N) is 1. The molecule has 0 amide bonds. The fourth-order valence-corrected chi connectivity index (χ4v) is 16.6. The van der Waals surface area contributed by atoms with E-state index in [4.69, 9.17) is 0 Å². The van der Waals surface area contributed by atoms with E-state index in [1.165, 1.54) is 5.56 Å². The molecule has 0 aromatic heterocycles. The fraction of sp³-hybridized carbons (Fsp3) is 0.556. The lowest BCUT2D eigenvalue weighted by Gasteiger charge is -2.48. The number of hydrogen-bond acceptors (Lipinski definition) is 2. The van der Waals surface area contributed by atoms with Crippen LogP contribution in [0, 0.1) is 13.8 Å². The summed E-state index contributed by atoms with van der Waals surface area (Å²) in [4.78, 5) is 0.409. The third-order valence-electron chi connectivity index (χ3n) is 8.05. The standard InChI is InChI=1S/C27H41NO2SSi/c1-19(2)32(20(3)4,21(5)6)26-17-27(24-13-9-22(7)10-14-24)28(18-26)31(29,30)25-15-11-23(8)12-16-25/h9-16,19-21,26-27H,17-18H2,1-8H3/t26-,27-/m0/s1. The second kappa shape index (κ2) is 9.44. The van der Waals surface area contributed by atoms with Gasteiger partial charge in [-0.25, -0.2) is 8.42 Å². The van der Waals surface area contributed by atoms with Crippen molar-refractivity contribution in [2.75, 3.05) is 6.54 Å². The summed E-state index contributed by atoms with van der Waals surface area (Å²) in [6.45, 7) is 19.0. The summed E-state index contributed by atoms with van der Waals surface area (Å²) in [5.74, 6) is 0. The molecule has 0 saturated carbocycles. The maximum Gasteiger partial charge on any atom is 0.243 e. The zero-order chi connectivity index (χ0) is 23.8. The Labute approximate surface area is 197 Å². The van der Waals surface area contributed by atoms with Gasteiger partial charge in [0.1, 0.15) is 0 Å². The van der Waals surface area contributed by atoms with E-state index in [0.717, 1.165) is 17.5 Å². The summed E-state index contributed by atoms with van der Waals surface area (Å²) >= 11 is 0. The second-order valence-electron chi connectivity index (χ2n) is 10.7. The average Bonchev–Trinajstić information content (AvgIpc) is 3.14. The van der Waals surface area contributed by atoms with Gasteiger partial charge in [-0.1, -0.05) is 106 Å². The second-order valence-corrected chi connectivity index (χ2v) is 18.9. The lowest BCUT2D eigenvalue weighted by molar-refractivity contribution is 0.396. The average molecular weight is 472 g/mol. The summed E-state index contributed by atoms with van der Waals surface area (Å²) in [7, 11) is -5.39. The van der Waals surface area contributed by atoms with Crippen molar-refractivity contribution in [3.8, 4) is 0 Å². The van der Waals surface area contributed by atoms with Gasteiger partial charge < -0.3 is 0 Å². The molecule has 5 heteroatoms. The number of rotatable bonds is 7. The normalized spacial score (nSPS) is 20.6. The van der Waals surface area contributed by atoms with E-state index >= 15 is 0 Å². The highest BCUT2D eigenvalue weighted by molar-refractivity contribution is 7.89. The maximum atomic E-state index is 13.9. The molecule has 0 unspecified atom stereocenters. The molecule has 3 rings (SSSR count). The van der Waals surface area contributed by atoms with Crippen molar-refractivity contribution in [3.05, 3.63) is 65.2 Å². The molecule has 3 nitrogen and oxygen atoms in total. The highest BCUT2D eigenvalue weighted by Crippen LogP contribution is 2.56. The number of benzene rings is 2. The number of aryl methyl sites for hydroxylation is 2. The molecule has 176 valence electrons. The van der Waals surface area contributed by atoms with Crippen LogP contribution in [-0.4, -0.2) is 27.3 Å². The fourth-order valence-electron chi connectivity index (χ4n) is 6.78. The third-order valence-corrected chi connectivity index (χ3v) is 17.8. The largest absolute Gasteiger partial charge is 0.243 e. The molecule has 0 spiro atoms. The smallest absolute Gasteiger partial charge is 0.207 e. The molecule has 1 fully saturated rings. The quantitative estimate of drug-likeness (QED) is 0.392. The summed E-state index contributed by atoms with van der Waals surface area (Å²) in [5, 5.41) is 0. The van der Waals surface area contributed by atoms with Crippen LogP contribution in [0.5, 0.6) is 0 Å². The van der Waals surface area contributed by atoms with E-state index in [-0.39, 0.29) is 6.04 Å². The predicted molar refractivity (Wildman–Crippen MR) is 138 cm³/mol. The highest BCUT2D eigenvalue weighted by atomic mass is 32.2. The van der Waals surface area contributed by atoms with E-state index in [9.17, 15) is 8.42 Å². The van der Waals surface area contributed by atoms with E-state index in [2.05, 4.69) is 72.7 Å². The Bertz CT molecular complexity index is 989. The van der Waals surface area contributed by atoms with Crippen LogP contribution in [0.15, 0.2) is 53.4 Å². The molecule has 2 aromatic carbocycles. The van der Waals surface area contributed by atoms with Gasteiger partial charge in [0.15, 0.2) is 0 Å². The summed E-state index contributed by atoms with van der Waals surface area (Å²) in [6, 6.07) is 15.7. The van der Waals surface area contributed by atoms with Gasteiger partial charge in [-0.05, 0) is 43.5 Å². The molecular formula is C27H41NO2SSi. The van der Waals surface area contributed by atoms with Crippen LogP contribution < -0.4 is 0 Å². The Morgan fingerprint density at radius 2 is 1.22 bits per heavy atom. The summed E-state index contributed by atoms with van der Waals surface area (Å²) in [5.41, 5.74) is 5.65. The zero-order valence-corrected chi connectivity index (χ0v) is 22.9. The molecule has 1 aliphatic heterocycles. The van der Waals surface area contributed by atoms with Gasteiger partial charge in [-0.2, -0.15) is 4.31 Å². The predicted octanol–water partition coefficient (Wildman–Crippen LogP) is 7.49. The van der Waals surface area contributed by atoms with Crippen molar-refractivity contribution in [2.45, 2.75) is 94.9 Å². The number of sulfonamides is 1. The summed E-state index contributed by atoms with van der Waals surface area (Å²) < 4.78 is 29.7. The van der Waals surface area contributed by atoms with E-state index in [1.807, 2.05) is 23.4 Å². The van der Waals surface area contributed by atoms with Crippen LogP contribution in [0.25, 0.3) is 0 Å². The first-order valence-electron chi connectivity index (χ1n) is 12.1. The Balaban J connectivity index is 2.13. The van der Waals surface area contributed by atoms with Gasteiger partial charge in [-0.3, -0.25) is 0 Å². The Morgan fingerprint density at radius 3 is 1.66 bits per heavy atom. The van der Waals surface area contributed by atoms with Crippen LogP contribution in [0.1, 0.15) is 70.7 Å². The lowest BCUT2D eigenvalue weighted by atomic mass is 10.0. The SMILES string of the molecule is Cc1ccc([C@@H]2C[C@H]([Si](C(C)C)(C(C)C)C(C)C)CN2S(=O)(=O)c2ccc(C)cc2)cc1. The monoisotopic (exact) mass is 471 g/mol. The molecule has 2 aromatic rings. The highest BCUT2D eigenvalue weighted by Gasteiger charge is 2.54. The van der Waals surface area contributed by atoms with E-state index < -0.39 is 18.1 Å². The molecule has 1 saturated heterocycles. The minimum absolute atomic E-state index is 0.102. The first-order chi connectivity index (χ1) is 14.9. The topological polar surface area (TPSA) is 37.4 Å². The molecule has 0 aliphatic carbocycles. The first kappa shape index (κ1) is 25.2. The molecule has 32 heavy (non-hydrogen) atoms. The van der Waals surface area contributed by atoms with Crippen LogP contribution in [0.3, 0.4) is 0 Å². The van der Waals surface area contributed by atoms with Gasteiger partial charge in [0.2, 0.25) is 10.0 Å². The minimum Gasteiger partial charge on any atom is -0.207 e. The van der Waals surface area contributed by atoms with Gasteiger partial charge in [0, 0.05) is 6.54 Å². The summed E-state index contributed by atoms with van der Waals surface area (Å²) in [6.07, 6.45) is 0.926. The Kier molecular flexibility index (Phi) is 7.43. The van der Waals surface area contributed by atoms with Gasteiger partial charge in [0.05, 0.1) is 19.0 Å². The maximum absolute atomic E-state index is 13.9. The van der Waals surface area contributed by atoms with Crippen LogP contribution in [0.4, 0.5) is 0 Å². The molecule has 1 aliphatic rings. The Hall–Kier alpha value is -1.43. The molecule has 1 heterocycles. The Morgan fingerprint density at radius 1 is 0.781 bits per heavy atom. The van der Waals surface area contributed by atoms with E-state index in [0.29, 0.717) is 33.6 Å². The van der Waals surface area contributed by atoms with Crippen molar-refractivity contribution < 1.29 is 8.42 Å². The van der Waals surface area contributed by atoms with Crippen molar-refractivity contribution >= 4 is 18.1 Å². The van der Waals surface area contributed by atoms with Gasteiger partial charge >= 0.3 is 0 Å². The van der Waals surface area contributed by atoms with Crippen molar-refractivity contribution in [1.29, 1.82) is 0 Å². The molecule has 0 bridgehead atoms. The lowest BCUT2D eigenvalue weighted by Crippen LogP contribution is -2.49. The van der Waals surface area contributed by atoms with Crippen LogP contribution in [-0.2, 0) is 10.0 Å². The van der Waals surface area contributed by atoms with Crippen LogP contribution in [0.2, 0.25) is 22.2 Å². The molecule has 0 radical (unpaired) electrons. The van der Waals surface area contributed by atoms with Crippen LogP contribution >= 0.6 is 0 Å².